The van der Waals surface area contributed by atoms with E-state index in [9.17, 15) is 0 Å². The summed E-state index contributed by atoms with van der Waals surface area (Å²) in [6.45, 7) is 0. The van der Waals surface area contributed by atoms with Gasteiger partial charge in [-0.2, -0.15) is 0 Å². The summed E-state index contributed by atoms with van der Waals surface area (Å²) < 4.78 is 8.88. The Morgan fingerprint density at radius 3 is 1.11 bits per heavy atom. The van der Waals surface area contributed by atoms with Crippen LogP contribution in [-0.2, 0) is 4.57 Å². The predicted molar refractivity (Wildman–Crippen MR) is 26.5 cm³/mol. The van der Waals surface area contributed by atoms with Crippen LogP contribution in [0.5, 0.6) is 0 Å². The largest absolute Gasteiger partial charge is 1.00 e. The first-order chi connectivity index (χ1) is 2.00. The predicted octanol–water partition coefficient (Wildman–Crippen LogP) is -6.34. The Kier molecular flexibility index (Phi) is 42.6. The topological polar surface area (TPSA) is 113 Å². The molecule has 0 aromatic heterocycles. The minimum absolute atomic E-state index is 0. The van der Waals surface area contributed by atoms with Crippen molar-refractivity contribution in [2.45, 2.75) is 0 Å². The van der Waals surface area contributed by atoms with Gasteiger partial charge in [0, 0.05) is 0 Å². The van der Waals surface area contributed by atoms with E-state index in [0.29, 0.717) is 0 Å². The Hall–Kier alpha value is 1.65. The van der Waals surface area contributed by atoms with Crippen LogP contribution in [0.4, 0.5) is 0 Å². The van der Waals surface area contributed by atoms with Gasteiger partial charge in [-0.3, -0.25) is 0 Å². The molecular formula is H7Cl2NNaO4P. The van der Waals surface area contributed by atoms with E-state index in [0.717, 1.165) is 0 Å². The van der Waals surface area contributed by atoms with Crippen molar-refractivity contribution in [1.29, 1.82) is 0 Å². The molecule has 5 nitrogen and oxygen atoms in total. The molecule has 56 valence electrons. The third kappa shape index (κ3) is 207. The maximum absolute atomic E-state index is 8.88. The van der Waals surface area contributed by atoms with Gasteiger partial charge in [0.2, 0.25) is 0 Å². The maximum atomic E-state index is 8.88. The molecule has 0 saturated carbocycles. The maximum Gasteiger partial charge on any atom is 1.00 e. The Labute approximate surface area is 87.2 Å². The molecule has 0 fully saturated rings. The van der Waals surface area contributed by atoms with Crippen molar-refractivity contribution in [2.24, 2.45) is 0 Å². The third-order valence-corrected chi connectivity index (χ3v) is 0. The molecular weight excluding hydrogens is 203 g/mol. The monoisotopic (exact) mass is 209 g/mol. The van der Waals surface area contributed by atoms with Crippen molar-refractivity contribution in [3.8, 4) is 0 Å². The standard InChI is InChI=1S/2ClH.H3N.Na.H3O4P/c;;;;1-5(2,3)4/h2*1H;1H3;;(H3,1,2,3,4)/q;;;+1;/p-1. The van der Waals surface area contributed by atoms with E-state index in [1.807, 2.05) is 0 Å². The Morgan fingerprint density at radius 1 is 1.11 bits per heavy atom. The van der Waals surface area contributed by atoms with Crippen molar-refractivity contribution in [2.75, 3.05) is 0 Å². The van der Waals surface area contributed by atoms with E-state index in [1.54, 1.807) is 0 Å². The van der Waals surface area contributed by atoms with Gasteiger partial charge in [0.1, 0.15) is 0 Å². The summed E-state index contributed by atoms with van der Waals surface area (Å²) in [5.41, 5.74) is 0. The molecule has 0 saturated heterocycles. The normalized spacial score (nSPS) is 6.56. The van der Waals surface area contributed by atoms with Gasteiger partial charge in [-0.25, -0.2) is 4.57 Å². The molecule has 0 aromatic carbocycles. The smallest absolute Gasteiger partial charge is 1.00 e. The number of rotatable bonds is 0. The van der Waals surface area contributed by atoms with Gasteiger partial charge in [-0.15, -0.1) is 12.4 Å². The zero-order chi connectivity index (χ0) is 4.50. The molecule has 0 aliphatic heterocycles. The number of hydrogen-bond acceptors (Lipinski definition) is 2. The van der Waals surface area contributed by atoms with Crippen LogP contribution in [0, 0.1) is 0 Å². The van der Waals surface area contributed by atoms with Gasteiger partial charge >= 0.3 is 37.4 Å². The third-order valence-electron chi connectivity index (χ3n) is 0. The number of hydrogen-bond donors (Lipinski definition) is 4. The van der Waals surface area contributed by atoms with E-state index in [4.69, 9.17) is 19.2 Å². The van der Waals surface area contributed by atoms with Crippen LogP contribution in [0.3, 0.4) is 0 Å². The van der Waals surface area contributed by atoms with Gasteiger partial charge in [-0.05, 0) is 0 Å². The van der Waals surface area contributed by atoms with E-state index in [1.165, 1.54) is 0 Å². The molecule has 9 heteroatoms. The number of phosphoric acid groups is 1. The first-order valence-corrected chi connectivity index (χ1v) is 2.35. The molecule has 0 aliphatic carbocycles. The number of halogens is 2. The van der Waals surface area contributed by atoms with Crippen molar-refractivity contribution in [1.82, 2.24) is 6.15 Å². The van der Waals surface area contributed by atoms with E-state index < -0.39 is 7.82 Å². The summed E-state index contributed by atoms with van der Waals surface area (Å²) in [5.74, 6) is 0. The first-order valence-electron chi connectivity index (χ1n) is 0.783. The first kappa shape index (κ1) is 31.1. The molecule has 0 rings (SSSR count). The summed E-state index contributed by atoms with van der Waals surface area (Å²) in [4.78, 5) is 21.6. The fraction of sp³-hybridized carbons (Fsp3) is 0. The van der Waals surface area contributed by atoms with Crippen molar-refractivity contribution < 1.29 is 61.2 Å². The summed E-state index contributed by atoms with van der Waals surface area (Å²) >= 11 is 0. The van der Waals surface area contributed by atoms with E-state index in [2.05, 4.69) is 0 Å². The molecule has 0 radical (unpaired) electrons. The fourth-order valence-electron chi connectivity index (χ4n) is 0. The van der Waals surface area contributed by atoms with Crippen LogP contribution in [0.25, 0.3) is 0 Å². The second kappa shape index (κ2) is 12.3. The Bertz CT molecular complexity index is 64.7. The minimum atomic E-state index is -4.64. The van der Waals surface area contributed by atoms with Gasteiger partial charge in [0.25, 0.3) is 0 Å². The second-order valence-electron chi connectivity index (χ2n) is 0.513. The van der Waals surface area contributed by atoms with Gasteiger partial charge < -0.3 is 33.2 Å². The molecule has 6 N–H and O–H groups in total. The SMILES string of the molecule is Cl.N.O=P(O)(O)O.[Cl-].[Na+]. The summed E-state index contributed by atoms with van der Waals surface area (Å²) in [5, 5.41) is 0. The molecule has 0 heterocycles. The molecule has 0 bridgehead atoms. The second-order valence-corrected chi connectivity index (χ2v) is 1.54. The molecule has 0 unspecified atom stereocenters. The summed E-state index contributed by atoms with van der Waals surface area (Å²) in [6, 6.07) is 0. The molecule has 9 heavy (non-hydrogen) atoms. The van der Waals surface area contributed by atoms with Crippen molar-refractivity contribution >= 4 is 20.2 Å². The van der Waals surface area contributed by atoms with Crippen LogP contribution in [-0.4, -0.2) is 14.7 Å². The van der Waals surface area contributed by atoms with Crippen LogP contribution in [0.2, 0.25) is 0 Å². The average molecular weight is 210 g/mol. The van der Waals surface area contributed by atoms with Crippen LogP contribution in [0.1, 0.15) is 0 Å². The van der Waals surface area contributed by atoms with Crippen LogP contribution >= 0.6 is 20.2 Å². The summed E-state index contributed by atoms with van der Waals surface area (Å²) in [7, 11) is -4.64. The van der Waals surface area contributed by atoms with E-state index >= 15 is 0 Å². The molecule has 0 spiro atoms. The summed E-state index contributed by atoms with van der Waals surface area (Å²) in [6.07, 6.45) is 0. The Morgan fingerprint density at radius 2 is 1.11 bits per heavy atom. The minimum Gasteiger partial charge on any atom is -1.00 e. The van der Waals surface area contributed by atoms with E-state index in [-0.39, 0.29) is 60.5 Å². The average Bonchev–Trinajstić information content (AvgIpc) is 0.722. The quantitative estimate of drug-likeness (QED) is 0.234. The van der Waals surface area contributed by atoms with Gasteiger partial charge in [0.05, 0.1) is 0 Å². The Balaban J connectivity index is -0.0000000133. The van der Waals surface area contributed by atoms with Crippen molar-refractivity contribution in [3.05, 3.63) is 0 Å². The van der Waals surface area contributed by atoms with Crippen molar-refractivity contribution in [3.63, 3.8) is 0 Å². The fourth-order valence-corrected chi connectivity index (χ4v) is 0. The molecule has 0 aromatic rings. The van der Waals surface area contributed by atoms with Crippen LogP contribution in [0.15, 0.2) is 0 Å². The molecule has 0 atom stereocenters. The zero-order valence-electron chi connectivity index (χ0n) is 4.69. The zero-order valence-corrected chi connectivity index (χ0v) is 9.16. The van der Waals surface area contributed by atoms with Gasteiger partial charge in [0.15, 0.2) is 0 Å². The van der Waals surface area contributed by atoms with Gasteiger partial charge in [-0.1, -0.05) is 0 Å². The van der Waals surface area contributed by atoms with Crippen LogP contribution < -0.4 is 48.1 Å². The molecule has 0 amide bonds. The molecule has 0 aliphatic rings.